The minimum atomic E-state index is -4.45. The summed E-state index contributed by atoms with van der Waals surface area (Å²) in [5.41, 5.74) is 6.94. The predicted molar refractivity (Wildman–Crippen MR) is 100 cm³/mol. The van der Waals surface area contributed by atoms with Gasteiger partial charge in [0.25, 0.3) is 0 Å². The number of alkyl halides is 3. The van der Waals surface area contributed by atoms with Gasteiger partial charge in [0.05, 0.1) is 0 Å². The quantitative estimate of drug-likeness (QED) is 0.519. The molecule has 0 bridgehead atoms. The lowest BCUT2D eigenvalue weighted by molar-refractivity contribution is -0.0878. The Morgan fingerprint density at radius 2 is 1.85 bits per heavy atom. The van der Waals surface area contributed by atoms with Gasteiger partial charge in [0.15, 0.2) is 0 Å². The molecule has 142 valence electrons. The number of halogens is 3. The number of anilines is 1. The summed E-state index contributed by atoms with van der Waals surface area (Å²) in [6, 6.07) is 8.79. The van der Waals surface area contributed by atoms with Crippen LogP contribution in [0.3, 0.4) is 0 Å². The number of rotatable bonds is 8. The summed E-state index contributed by atoms with van der Waals surface area (Å²) < 4.78 is 37.2. The minimum absolute atomic E-state index is 0.212. The van der Waals surface area contributed by atoms with Crippen molar-refractivity contribution in [1.82, 2.24) is 0 Å². The highest BCUT2D eigenvalue weighted by Crippen LogP contribution is 2.26. The van der Waals surface area contributed by atoms with E-state index in [9.17, 15) is 18.3 Å². The molecule has 0 aliphatic heterocycles. The number of allylic oxidation sites excluding steroid dienone is 4. The number of para-hydroxylation sites is 1. The zero-order chi connectivity index (χ0) is 19.9. The Kier molecular flexibility index (Phi) is 7.86. The van der Waals surface area contributed by atoms with Crippen LogP contribution in [-0.4, -0.2) is 23.6 Å². The van der Waals surface area contributed by atoms with Gasteiger partial charge in [-0.15, -0.1) is 0 Å². The highest BCUT2D eigenvalue weighted by Gasteiger charge is 2.29. The molecular formula is C20H25F3N2O. The lowest BCUT2D eigenvalue weighted by Crippen LogP contribution is -2.40. The van der Waals surface area contributed by atoms with Crippen LogP contribution in [0.1, 0.15) is 20.3 Å². The van der Waals surface area contributed by atoms with Gasteiger partial charge in [0, 0.05) is 29.4 Å². The largest absolute Gasteiger partial charge is 0.415 e. The van der Waals surface area contributed by atoms with Crippen LogP contribution in [0, 0.1) is 0 Å². The summed E-state index contributed by atoms with van der Waals surface area (Å²) in [7, 11) is 0. The standard InChI is InChI=1S/C20H25F3N2O/c1-14(9-8-10-15(2)20(21,22)23)13-19(26)25(17(4)16(3)24)18-11-6-5-7-12-18/h5-12,16,19,26H,2,4,13,24H2,1,3H3/b10-8-,14-9-/t16-,19?/m0/s1. The summed E-state index contributed by atoms with van der Waals surface area (Å²) in [6.45, 7) is 10.4. The average molecular weight is 366 g/mol. The number of aliphatic hydroxyl groups excluding tert-OH is 1. The maximum absolute atomic E-state index is 12.4. The summed E-state index contributed by atoms with van der Waals surface area (Å²) in [5.74, 6) is 0. The molecule has 0 spiro atoms. The van der Waals surface area contributed by atoms with Gasteiger partial charge < -0.3 is 15.7 Å². The first-order chi connectivity index (χ1) is 12.0. The molecule has 0 fully saturated rings. The zero-order valence-electron chi connectivity index (χ0n) is 15.0. The number of aliphatic hydroxyl groups is 1. The second-order valence-electron chi connectivity index (χ2n) is 6.07. The van der Waals surface area contributed by atoms with E-state index in [2.05, 4.69) is 13.2 Å². The molecule has 0 saturated heterocycles. The van der Waals surface area contributed by atoms with Crippen LogP contribution in [-0.2, 0) is 0 Å². The van der Waals surface area contributed by atoms with E-state index >= 15 is 0 Å². The van der Waals surface area contributed by atoms with E-state index in [0.29, 0.717) is 11.3 Å². The van der Waals surface area contributed by atoms with Crippen LogP contribution in [0.2, 0.25) is 0 Å². The van der Waals surface area contributed by atoms with Crippen molar-refractivity contribution in [2.45, 2.75) is 38.7 Å². The van der Waals surface area contributed by atoms with Gasteiger partial charge in [-0.1, -0.05) is 55.2 Å². The molecule has 1 aromatic carbocycles. The molecule has 1 unspecified atom stereocenters. The number of hydrogen-bond donors (Lipinski definition) is 2. The normalized spacial score (nSPS) is 15.0. The van der Waals surface area contributed by atoms with Crippen molar-refractivity contribution in [2.75, 3.05) is 4.90 Å². The first-order valence-corrected chi connectivity index (χ1v) is 8.10. The molecule has 1 rings (SSSR count). The van der Waals surface area contributed by atoms with E-state index in [1.807, 2.05) is 30.3 Å². The van der Waals surface area contributed by atoms with E-state index in [1.165, 1.54) is 12.2 Å². The molecule has 0 aliphatic rings. The van der Waals surface area contributed by atoms with Crippen LogP contribution in [0.5, 0.6) is 0 Å². The Hall–Kier alpha value is -2.31. The number of nitrogens with zero attached hydrogens (tertiary/aromatic N) is 1. The fraction of sp³-hybridized carbons (Fsp3) is 0.300. The molecule has 2 atom stereocenters. The third kappa shape index (κ3) is 6.54. The summed E-state index contributed by atoms with van der Waals surface area (Å²) in [6.07, 6.45) is -1.51. The third-order valence-electron chi connectivity index (χ3n) is 3.71. The fourth-order valence-electron chi connectivity index (χ4n) is 2.21. The molecule has 0 saturated carbocycles. The van der Waals surface area contributed by atoms with Gasteiger partial charge in [-0.2, -0.15) is 13.2 Å². The highest BCUT2D eigenvalue weighted by molar-refractivity contribution is 5.53. The van der Waals surface area contributed by atoms with E-state index in [-0.39, 0.29) is 12.5 Å². The van der Waals surface area contributed by atoms with Gasteiger partial charge >= 0.3 is 6.18 Å². The maximum atomic E-state index is 12.4. The summed E-state index contributed by atoms with van der Waals surface area (Å²) in [5, 5.41) is 10.6. The molecule has 0 heterocycles. The number of hydrogen-bond acceptors (Lipinski definition) is 3. The molecule has 0 aliphatic carbocycles. The Labute approximate surface area is 152 Å². The third-order valence-corrected chi connectivity index (χ3v) is 3.71. The first kappa shape index (κ1) is 21.7. The van der Waals surface area contributed by atoms with Gasteiger partial charge in [-0.05, 0) is 26.0 Å². The maximum Gasteiger partial charge on any atom is 0.415 e. The number of nitrogens with two attached hydrogens (primary N) is 1. The Morgan fingerprint density at radius 3 is 2.35 bits per heavy atom. The molecule has 0 aromatic heterocycles. The lowest BCUT2D eigenvalue weighted by Gasteiger charge is -2.33. The van der Waals surface area contributed by atoms with Gasteiger partial charge in [-0.3, -0.25) is 0 Å². The van der Waals surface area contributed by atoms with Crippen LogP contribution in [0.4, 0.5) is 18.9 Å². The topological polar surface area (TPSA) is 49.5 Å². The van der Waals surface area contributed by atoms with Crippen molar-refractivity contribution in [3.05, 3.63) is 78.6 Å². The Balaban J connectivity index is 2.91. The van der Waals surface area contributed by atoms with Crippen molar-refractivity contribution in [2.24, 2.45) is 5.73 Å². The smallest absolute Gasteiger partial charge is 0.373 e. The number of benzene rings is 1. The molecule has 3 N–H and O–H groups in total. The van der Waals surface area contributed by atoms with Crippen molar-refractivity contribution in [1.29, 1.82) is 0 Å². The summed E-state index contributed by atoms with van der Waals surface area (Å²) in [4.78, 5) is 1.63. The summed E-state index contributed by atoms with van der Waals surface area (Å²) >= 11 is 0. The SMILES string of the molecule is C=C([C@H](C)N)N(c1ccccc1)C(O)C/C(C)=C\C=C/C(=C)C(F)(F)F. The molecule has 6 heteroatoms. The minimum Gasteiger partial charge on any atom is -0.373 e. The second kappa shape index (κ2) is 9.40. The van der Waals surface area contributed by atoms with E-state index in [4.69, 9.17) is 5.73 Å². The molecule has 3 nitrogen and oxygen atoms in total. The zero-order valence-corrected chi connectivity index (χ0v) is 15.0. The molecular weight excluding hydrogens is 341 g/mol. The monoisotopic (exact) mass is 366 g/mol. The van der Waals surface area contributed by atoms with Crippen molar-refractivity contribution >= 4 is 5.69 Å². The van der Waals surface area contributed by atoms with E-state index in [0.717, 1.165) is 11.8 Å². The Bertz CT molecular complexity index is 676. The van der Waals surface area contributed by atoms with Gasteiger partial charge in [0.1, 0.15) is 6.23 Å². The second-order valence-corrected chi connectivity index (χ2v) is 6.07. The van der Waals surface area contributed by atoms with Crippen molar-refractivity contribution < 1.29 is 18.3 Å². The van der Waals surface area contributed by atoms with Crippen LogP contribution >= 0.6 is 0 Å². The average Bonchev–Trinajstić information content (AvgIpc) is 2.54. The molecule has 0 radical (unpaired) electrons. The predicted octanol–water partition coefficient (Wildman–Crippen LogP) is 4.68. The fourth-order valence-corrected chi connectivity index (χ4v) is 2.21. The van der Waals surface area contributed by atoms with Gasteiger partial charge in [-0.25, -0.2) is 0 Å². The highest BCUT2D eigenvalue weighted by atomic mass is 19.4. The molecule has 1 aromatic rings. The van der Waals surface area contributed by atoms with Gasteiger partial charge in [0.2, 0.25) is 0 Å². The first-order valence-electron chi connectivity index (χ1n) is 8.10. The van der Waals surface area contributed by atoms with E-state index in [1.54, 1.807) is 18.7 Å². The molecule has 0 amide bonds. The van der Waals surface area contributed by atoms with Crippen LogP contribution in [0.25, 0.3) is 0 Å². The van der Waals surface area contributed by atoms with Crippen molar-refractivity contribution in [3.8, 4) is 0 Å². The van der Waals surface area contributed by atoms with E-state index < -0.39 is 18.0 Å². The van der Waals surface area contributed by atoms with Crippen molar-refractivity contribution in [3.63, 3.8) is 0 Å². The van der Waals surface area contributed by atoms with Crippen LogP contribution in [0.15, 0.2) is 78.6 Å². The molecule has 26 heavy (non-hydrogen) atoms. The van der Waals surface area contributed by atoms with Crippen LogP contribution < -0.4 is 10.6 Å². The lowest BCUT2D eigenvalue weighted by atomic mass is 10.1. The Morgan fingerprint density at radius 1 is 1.27 bits per heavy atom.